The summed E-state index contributed by atoms with van der Waals surface area (Å²) in [5.74, 6) is -0.117. The number of hydrogen-bond acceptors (Lipinski definition) is 6. The Bertz CT molecular complexity index is 1280. The lowest BCUT2D eigenvalue weighted by atomic mass is 9.64. The number of hydrogen-bond donors (Lipinski definition) is 1. The molecular weight excluding hydrogens is 422 g/mol. The number of nitrogens with zero attached hydrogens (tertiary/aromatic N) is 4. The molecule has 0 atom stereocenters. The highest BCUT2D eigenvalue weighted by atomic mass is 32.1. The van der Waals surface area contributed by atoms with Crippen LogP contribution < -0.4 is 5.32 Å². The highest BCUT2D eigenvalue weighted by Crippen LogP contribution is 2.46. The lowest BCUT2D eigenvalue weighted by Gasteiger charge is -2.53. The Balaban J connectivity index is 1.25. The number of aromatic nitrogens is 4. The van der Waals surface area contributed by atoms with Crippen LogP contribution in [0.15, 0.2) is 47.4 Å². The number of thiazole rings is 1. The van der Waals surface area contributed by atoms with Crippen molar-refractivity contribution in [2.75, 3.05) is 13.2 Å². The Morgan fingerprint density at radius 3 is 2.78 bits per heavy atom. The average molecular weight is 446 g/mol. The number of carbonyl (C=O) groups is 1. The standard InChI is InChI=1S/C24H23N5O2S/c1-29-22-19(10-26-29)17(6-15-2-4-16(5-3-15)21-11-32-14-25-21)7-20(28-22)23(30)27-18-8-24(9-18)12-31-13-24/h2-5,7,10-11,14,18H,6,8-9,12-13H2,1H3,(H,27,30). The second kappa shape index (κ2) is 7.50. The van der Waals surface area contributed by atoms with E-state index in [1.165, 1.54) is 0 Å². The molecule has 1 aliphatic heterocycles. The van der Waals surface area contributed by atoms with Crippen LogP contribution >= 0.6 is 11.3 Å². The van der Waals surface area contributed by atoms with Gasteiger partial charge in [-0.1, -0.05) is 24.3 Å². The molecule has 1 saturated carbocycles. The third kappa shape index (κ3) is 3.40. The molecule has 0 bridgehead atoms. The Labute approximate surface area is 189 Å². The first-order valence-corrected chi connectivity index (χ1v) is 11.7. The van der Waals surface area contributed by atoms with Crippen molar-refractivity contribution in [3.05, 3.63) is 64.2 Å². The SMILES string of the molecule is Cn1ncc2c(Cc3ccc(-c4cscn4)cc3)cc(C(=O)NC3CC4(COC4)C3)nc21. The Hall–Kier alpha value is -3.10. The molecule has 1 spiro atoms. The van der Waals surface area contributed by atoms with Crippen molar-refractivity contribution in [3.63, 3.8) is 0 Å². The second-order valence-electron chi connectivity index (χ2n) is 8.99. The van der Waals surface area contributed by atoms with Crippen molar-refractivity contribution in [1.82, 2.24) is 25.1 Å². The molecule has 3 aromatic heterocycles. The van der Waals surface area contributed by atoms with Gasteiger partial charge >= 0.3 is 0 Å². The van der Waals surface area contributed by atoms with Crippen molar-refractivity contribution < 1.29 is 9.53 Å². The molecule has 7 nitrogen and oxygen atoms in total. The molecule has 2 fully saturated rings. The molecule has 8 heteroatoms. The third-order valence-electron chi connectivity index (χ3n) is 6.61. The largest absolute Gasteiger partial charge is 0.380 e. The van der Waals surface area contributed by atoms with Gasteiger partial charge in [-0.3, -0.25) is 9.48 Å². The van der Waals surface area contributed by atoms with Gasteiger partial charge in [-0.2, -0.15) is 5.10 Å². The van der Waals surface area contributed by atoms with Crippen LogP contribution in [0.5, 0.6) is 0 Å². The van der Waals surface area contributed by atoms with Gasteiger partial charge in [0.05, 0.1) is 30.6 Å². The normalized spacial score (nSPS) is 17.3. The van der Waals surface area contributed by atoms with E-state index >= 15 is 0 Å². The number of pyridine rings is 1. The fourth-order valence-electron chi connectivity index (χ4n) is 4.78. The van der Waals surface area contributed by atoms with Crippen LogP contribution in [0.4, 0.5) is 0 Å². The van der Waals surface area contributed by atoms with Crippen molar-refractivity contribution in [2.24, 2.45) is 12.5 Å². The molecule has 162 valence electrons. The summed E-state index contributed by atoms with van der Waals surface area (Å²) in [4.78, 5) is 22.0. The summed E-state index contributed by atoms with van der Waals surface area (Å²) < 4.78 is 7.06. The van der Waals surface area contributed by atoms with Gasteiger partial charge in [0.2, 0.25) is 0 Å². The smallest absolute Gasteiger partial charge is 0.270 e. The van der Waals surface area contributed by atoms with E-state index in [9.17, 15) is 4.79 Å². The average Bonchev–Trinajstić information content (AvgIpc) is 3.40. The number of aryl methyl sites for hydroxylation is 1. The minimum absolute atomic E-state index is 0.117. The summed E-state index contributed by atoms with van der Waals surface area (Å²) in [6.45, 7) is 1.65. The number of amides is 1. The molecule has 1 saturated heterocycles. The molecule has 2 aliphatic rings. The number of rotatable bonds is 5. The lowest BCUT2D eigenvalue weighted by Crippen LogP contribution is -2.59. The van der Waals surface area contributed by atoms with E-state index in [0.717, 1.165) is 59.5 Å². The summed E-state index contributed by atoms with van der Waals surface area (Å²) in [7, 11) is 1.86. The van der Waals surface area contributed by atoms with E-state index < -0.39 is 0 Å². The summed E-state index contributed by atoms with van der Waals surface area (Å²) in [5.41, 5.74) is 7.63. The number of benzene rings is 1. The first-order valence-electron chi connectivity index (χ1n) is 10.8. The highest BCUT2D eigenvalue weighted by Gasteiger charge is 2.50. The topological polar surface area (TPSA) is 81.9 Å². The molecule has 0 unspecified atom stereocenters. The van der Waals surface area contributed by atoms with Crippen LogP contribution in [0.25, 0.3) is 22.3 Å². The predicted octanol–water partition coefficient (Wildman–Crippen LogP) is 3.59. The molecule has 4 heterocycles. The lowest BCUT2D eigenvalue weighted by molar-refractivity contribution is -0.165. The van der Waals surface area contributed by atoms with E-state index in [4.69, 9.17) is 4.74 Å². The van der Waals surface area contributed by atoms with Gasteiger partial charge in [-0.25, -0.2) is 9.97 Å². The first-order chi connectivity index (χ1) is 15.6. The van der Waals surface area contributed by atoms with Crippen molar-refractivity contribution in [1.29, 1.82) is 0 Å². The van der Waals surface area contributed by atoms with E-state index in [-0.39, 0.29) is 11.9 Å². The van der Waals surface area contributed by atoms with Crippen LogP contribution in [0.1, 0.15) is 34.5 Å². The quantitative estimate of drug-likeness (QED) is 0.508. The third-order valence-corrected chi connectivity index (χ3v) is 7.20. The fourth-order valence-corrected chi connectivity index (χ4v) is 5.34. The maximum absolute atomic E-state index is 13.0. The summed E-state index contributed by atoms with van der Waals surface area (Å²) in [6, 6.07) is 10.5. The number of nitrogens with one attached hydrogen (secondary N) is 1. The van der Waals surface area contributed by atoms with Crippen LogP contribution in [0.2, 0.25) is 0 Å². The van der Waals surface area contributed by atoms with E-state index in [1.54, 1.807) is 16.0 Å². The molecule has 4 aromatic rings. The molecule has 0 radical (unpaired) electrons. The van der Waals surface area contributed by atoms with Crippen LogP contribution in [-0.4, -0.2) is 44.9 Å². The summed E-state index contributed by atoms with van der Waals surface area (Å²) in [6.07, 6.45) is 4.51. The van der Waals surface area contributed by atoms with Crippen LogP contribution in [-0.2, 0) is 18.2 Å². The van der Waals surface area contributed by atoms with Gasteiger partial charge < -0.3 is 10.1 Å². The van der Waals surface area contributed by atoms with E-state index in [1.807, 2.05) is 30.2 Å². The molecule has 1 amide bonds. The van der Waals surface area contributed by atoms with Crippen LogP contribution in [0.3, 0.4) is 0 Å². The fraction of sp³-hybridized carbons (Fsp3) is 0.333. The summed E-state index contributed by atoms with van der Waals surface area (Å²) >= 11 is 1.59. The first kappa shape index (κ1) is 19.6. The van der Waals surface area contributed by atoms with E-state index in [2.05, 4.69) is 44.6 Å². The van der Waals surface area contributed by atoms with E-state index in [0.29, 0.717) is 17.5 Å². The highest BCUT2D eigenvalue weighted by molar-refractivity contribution is 7.07. The molecular formula is C24H23N5O2S. The van der Waals surface area contributed by atoms with Gasteiger partial charge in [0, 0.05) is 34.8 Å². The molecule has 6 rings (SSSR count). The van der Waals surface area contributed by atoms with Gasteiger partial charge in [-0.05, 0) is 36.5 Å². The zero-order chi connectivity index (χ0) is 21.7. The molecule has 1 N–H and O–H groups in total. The molecule has 1 aromatic carbocycles. The predicted molar refractivity (Wildman–Crippen MR) is 123 cm³/mol. The zero-order valence-corrected chi connectivity index (χ0v) is 18.6. The molecule has 32 heavy (non-hydrogen) atoms. The molecule has 1 aliphatic carbocycles. The second-order valence-corrected chi connectivity index (χ2v) is 9.71. The Kier molecular flexibility index (Phi) is 4.58. The zero-order valence-electron chi connectivity index (χ0n) is 17.7. The Morgan fingerprint density at radius 1 is 1.28 bits per heavy atom. The van der Waals surface area contributed by atoms with Gasteiger partial charge in [0.25, 0.3) is 5.91 Å². The minimum Gasteiger partial charge on any atom is -0.380 e. The van der Waals surface area contributed by atoms with Gasteiger partial charge in [0.1, 0.15) is 5.69 Å². The van der Waals surface area contributed by atoms with Crippen molar-refractivity contribution in [2.45, 2.75) is 25.3 Å². The van der Waals surface area contributed by atoms with Crippen LogP contribution in [0, 0.1) is 5.41 Å². The maximum Gasteiger partial charge on any atom is 0.270 e. The van der Waals surface area contributed by atoms with Crippen molar-refractivity contribution in [3.8, 4) is 11.3 Å². The van der Waals surface area contributed by atoms with Crippen molar-refractivity contribution >= 4 is 28.3 Å². The summed E-state index contributed by atoms with van der Waals surface area (Å²) in [5, 5.41) is 10.5. The number of ether oxygens (including phenoxy) is 1. The van der Waals surface area contributed by atoms with Gasteiger partial charge in [-0.15, -0.1) is 11.3 Å². The van der Waals surface area contributed by atoms with Gasteiger partial charge in [0.15, 0.2) is 5.65 Å². The number of carbonyl (C=O) groups excluding carboxylic acids is 1. The Morgan fingerprint density at radius 2 is 2.09 bits per heavy atom. The minimum atomic E-state index is -0.117. The monoisotopic (exact) mass is 445 g/mol. The number of fused-ring (bicyclic) bond motifs is 1. The maximum atomic E-state index is 13.0.